The molecule has 12 heteroatoms. The molecule has 0 spiro atoms. The summed E-state index contributed by atoms with van der Waals surface area (Å²) in [6, 6.07) is 3.08. The van der Waals surface area contributed by atoms with Crippen LogP contribution in [0.3, 0.4) is 0 Å². The number of aromatic nitrogens is 6. The molecule has 5 rings (SSSR count). The summed E-state index contributed by atoms with van der Waals surface area (Å²) in [6.45, 7) is 2.16. The molecule has 1 aromatic carbocycles. The first-order chi connectivity index (χ1) is 16.8. The van der Waals surface area contributed by atoms with Crippen molar-refractivity contribution >= 4 is 17.2 Å². The van der Waals surface area contributed by atoms with Crippen LogP contribution in [0.25, 0.3) is 5.69 Å². The van der Waals surface area contributed by atoms with E-state index in [2.05, 4.69) is 26.1 Å². The minimum Gasteiger partial charge on any atom is -0.481 e. The second kappa shape index (κ2) is 8.84. The maximum atomic E-state index is 14.1. The summed E-state index contributed by atoms with van der Waals surface area (Å²) in [6.07, 6.45) is 5.29. The highest BCUT2D eigenvalue weighted by Crippen LogP contribution is 2.44. The van der Waals surface area contributed by atoms with E-state index in [1.54, 1.807) is 36.4 Å². The average Bonchev–Trinajstić information content (AvgIpc) is 3.23. The first-order valence-electron chi connectivity index (χ1n) is 11.0. The number of nitrogens with one attached hydrogen (secondary N) is 1. The minimum absolute atomic E-state index is 0.00738. The largest absolute Gasteiger partial charge is 0.481 e. The van der Waals surface area contributed by atoms with Crippen LogP contribution in [0.5, 0.6) is 5.88 Å². The lowest BCUT2D eigenvalue weighted by molar-refractivity contribution is 0.0942. The third-order valence-electron chi connectivity index (χ3n) is 6.15. The van der Waals surface area contributed by atoms with Crippen molar-refractivity contribution in [1.82, 2.24) is 35.1 Å². The standard InChI is InChI=1S/C23H23F2N7O2S/c1-23(15-9-27-31(2)21(15)34-3,22-28-18(11-35-22)13-4-5-13)12-26-20(33)17-10-32(30-29-17)19-7-6-14(24)8-16(19)25/h6-11,13H,4-5,12H2,1-3H3,(H,26,33). The number of rotatable bonds is 8. The van der Waals surface area contributed by atoms with Crippen molar-refractivity contribution in [3.05, 3.63) is 69.6 Å². The number of hydrogen-bond acceptors (Lipinski definition) is 7. The van der Waals surface area contributed by atoms with Gasteiger partial charge in [-0.25, -0.2) is 23.1 Å². The highest BCUT2D eigenvalue weighted by atomic mass is 32.1. The Labute approximate surface area is 203 Å². The maximum absolute atomic E-state index is 14.1. The Morgan fingerprint density at radius 1 is 1.34 bits per heavy atom. The van der Waals surface area contributed by atoms with Gasteiger partial charge in [0.25, 0.3) is 5.91 Å². The van der Waals surface area contributed by atoms with Gasteiger partial charge in [0.15, 0.2) is 11.5 Å². The van der Waals surface area contributed by atoms with Crippen LogP contribution in [0.2, 0.25) is 0 Å². The van der Waals surface area contributed by atoms with E-state index in [-0.39, 0.29) is 17.9 Å². The molecule has 0 bridgehead atoms. The monoisotopic (exact) mass is 499 g/mol. The predicted octanol–water partition coefficient (Wildman–Crippen LogP) is 3.36. The van der Waals surface area contributed by atoms with Crippen molar-refractivity contribution in [2.45, 2.75) is 31.1 Å². The zero-order valence-electron chi connectivity index (χ0n) is 19.3. The van der Waals surface area contributed by atoms with Crippen molar-refractivity contribution in [2.24, 2.45) is 7.05 Å². The van der Waals surface area contributed by atoms with Crippen molar-refractivity contribution in [2.75, 3.05) is 13.7 Å². The molecule has 3 aromatic heterocycles. The van der Waals surface area contributed by atoms with E-state index in [1.165, 1.54) is 12.3 Å². The Morgan fingerprint density at radius 3 is 2.86 bits per heavy atom. The van der Waals surface area contributed by atoms with E-state index in [1.807, 2.05) is 6.92 Å². The summed E-state index contributed by atoms with van der Waals surface area (Å²) in [5, 5.41) is 17.8. The maximum Gasteiger partial charge on any atom is 0.273 e. The number of carbonyl (C=O) groups is 1. The molecule has 1 saturated carbocycles. The van der Waals surface area contributed by atoms with Gasteiger partial charge in [0.05, 0.1) is 30.6 Å². The number of benzene rings is 1. The molecule has 1 aliphatic carbocycles. The third kappa shape index (κ3) is 4.29. The highest BCUT2D eigenvalue weighted by molar-refractivity contribution is 7.09. The molecule has 1 unspecified atom stereocenters. The van der Waals surface area contributed by atoms with Crippen molar-refractivity contribution in [1.29, 1.82) is 0 Å². The molecule has 1 aliphatic rings. The molecule has 3 heterocycles. The van der Waals surface area contributed by atoms with Crippen molar-refractivity contribution in [3.63, 3.8) is 0 Å². The molecule has 182 valence electrons. The van der Waals surface area contributed by atoms with Crippen LogP contribution in [-0.4, -0.2) is 49.3 Å². The quantitative estimate of drug-likeness (QED) is 0.399. The SMILES string of the molecule is COc1c(C(C)(CNC(=O)c2cn(-c3ccc(F)cc3F)nn2)c2nc(C3CC3)cs2)cnn1C. The Hall–Kier alpha value is -3.67. The number of nitrogens with zero attached hydrogens (tertiary/aromatic N) is 6. The number of carbonyl (C=O) groups excluding carboxylic acids is 1. The van der Waals surface area contributed by atoms with E-state index in [0.717, 1.165) is 45.9 Å². The lowest BCUT2D eigenvalue weighted by atomic mass is 9.84. The van der Waals surface area contributed by atoms with Gasteiger partial charge in [-0.05, 0) is 31.9 Å². The molecular formula is C23H23F2N7O2S. The summed E-state index contributed by atoms with van der Waals surface area (Å²) >= 11 is 1.54. The Kier molecular flexibility index (Phi) is 5.83. The molecule has 35 heavy (non-hydrogen) atoms. The summed E-state index contributed by atoms with van der Waals surface area (Å²) in [5.74, 6) is -0.944. The van der Waals surface area contributed by atoms with Gasteiger partial charge in [-0.2, -0.15) is 5.10 Å². The van der Waals surface area contributed by atoms with Gasteiger partial charge < -0.3 is 10.1 Å². The van der Waals surface area contributed by atoms with Crippen LogP contribution in [0.15, 0.2) is 36.0 Å². The lowest BCUT2D eigenvalue weighted by Crippen LogP contribution is -2.40. The van der Waals surface area contributed by atoms with Gasteiger partial charge >= 0.3 is 0 Å². The van der Waals surface area contributed by atoms with Crippen LogP contribution in [0.4, 0.5) is 8.78 Å². The molecule has 0 aliphatic heterocycles. The number of ether oxygens (including phenoxy) is 1. The van der Waals surface area contributed by atoms with E-state index in [0.29, 0.717) is 11.8 Å². The van der Waals surface area contributed by atoms with E-state index in [9.17, 15) is 13.6 Å². The van der Waals surface area contributed by atoms with Crippen molar-refractivity contribution < 1.29 is 18.3 Å². The number of hydrogen-bond donors (Lipinski definition) is 1. The summed E-state index contributed by atoms with van der Waals surface area (Å²) in [7, 11) is 3.36. The summed E-state index contributed by atoms with van der Waals surface area (Å²) in [4.78, 5) is 17.9. The number of methoxy groups -OCH3 is 1. The van der Waals surface area contributed by atoms with Crippen LogP contribution >= 0.6 is 11.3 Å². The Bertz CT molecular complexity index is 1390. The number of amides is 1. The summed E-state index contributed by atoms with van der Waals surface area (Å²) in [5.41, 5.74) is 1.10. The predicted molar refractivity (Wildman–Crippen MR) is 124 cm³/mol. The van der Waals surface area contributed by atoms with Crippen LogP contribution < -0.4 is 10.1 Å². The summed E-state index contributed by atoms with van der Waals surface area (Å²) < 4.78 is 35.6. The van der Waals surface area contributed by atoms with E-state index < -0.39 is 23.0 Å². The first kappa shape index (κ1) is 23.1. The zero-order valence-corrected chi connectivity index (χ0v) is 20.1. The normalized spacial score (nSPS) is 15.1. The fourth-order valence-electron chi connectivity index (χ4n) is 3.94. The molecule has 1 N–H and O–H groups in total. The fourth-order valence-corrected chi connectivity index (χ4v) is 5.02. The molecule has 1 atom stereocenters. The zero-order chi connectivity index (χ0) is 24.7. The van der Waals surface area contributed by atoms with Gasteiger partial charge in [0.2, 0.25) is 5.88 Å². The number of halogens is 2. The Morgan fingerprint density at radius 2 is 2.14 bits per heavy atom. The first-order valence-corrected chi connectivity index (χ1v) is 11.9. The van der Waals surface area contributed by atoms with Crippen LogP contribution in [-0.2, 0) is 12.5 Å². The molecule has 4 aromatic rings. The van der Waals surface area contributed by atoms with Gasteiger partial charge in [0.1, 0.15) is 16.5 Å². The van der Waals surface area contributed by atoms with E-state index in [4.69, 9.17) is 9.72 Å². The molecule has 1 fully saturated rings. The van der Waals surface area contributed by atoms with Gasteiger partial charge in [-0.1, -0.05) is 5.21 Å². The van der Waals surface area contributed by atoms with Crippen molar-refractivity contribution in [3.8, 4) is 11.6 Å². The van der Waals surface area contributed by atoms with Crippen LogP contribution in [0.1, 0.15) is 52.4 Å². The van der Waals surface area contributed by atoms with Gasteiger partial charge in [-0.15, -0.1) is 16.4 Å². The molecule has 0 saturated heterocycles. The fraction of sp³-hybridized carbons (Fsp3) is 0.348. The third-order valence-corrected chi connectivity index (χ3v) is 7.27. The smallest absolute Gasteiger partial charge is 0.273 e. The second-order valence-corrected chi connectivity index (χ2v) is 9.56. The van der Waals surface area contributed by atoms with Crippen LogP contribution in [0, 0.1) is 11.6 Å². The molecule has 0 radical (unpaired) electrons. The average molecular weight is 500 g/mol. The van der Waals surface area contributed by atoms with E-state index >= 15 is 0 Å². The molecule has 9 nitrogen and oxygen atoms in total. The molecular weight excluding hydrogens is 476 g/mol. The van der Waals surface area contributed by atoms with Gasteiger partial charge in [0, 0.05) is 36.5 Å². The topological polar surface area (TPSA) is 99.8 Å². The highest BCUT2D eigenvalue weighted by Gasteiger charge is 2.39. The Balaban J connectivity index is 1.41. The second-order valence-electron chi connectivity index (χ2n) is 8.70. The lowest BCUT2D eigenvalue weighted by Gasteiger charge is -2.27. The van der Waals surface area contributed by atoms with Gasteiger partial charge in [-0.3, -0.25) is 4.79 Å². The minimum atomic E-state index is -0.812. The molecule has 1 amide bonds. The number of aryl methyl sites for hydroxylation is 1. The number of thiazole rings is 1.